The van der Waals surface area contributed by atoms with Crippen molar-refractivity contribution in [2.24, 2.45) is 5.92 Å². The van der Waals surface area contributed by atoms with Crippen molar-refractivity contribution >= 4 is 14.0 Å². The van der Waals surface area contributed by atoms with Crippen LogP contribution in [0.5, 0.6) is 0 Å². The Morgan fingerprint density at radius 3 is 2.05 bits per heavy atom. The van der Waals surface area contributed by atoms with Gasteiger partial charge >= 0.3 is 5.97 Å². The molecule has 41 heavy (non-hydrogen) atoms. The largest absolute Gasteiger partial charge is 0.456 e. The topological polar surface area (TPSA) is 49.8 Å². The van der Waals surface area contributed by atoms with Gasteiger partial charge in [0.2, 0.25) is 0 Å². The molecule has 4 nitrogen and oxygen atoms in total. The fourth-order valence-corrected chi connectivity index (χ4v) is 5.65. The quantitative estimate of drug-likeness (QED) is 0.156. The van der Waals surface area contributed by atoms with Gasteiger partial charge in [0.1, 0.15) is 20.3 Å². The predicted molar refractivity (Wildman–Crippen MR) is 172 cm³/mol. The Bertz CT molecular complexity index is 1360. The summed E-state index contributed by atoms with van der Waals surface area (Å²) in [6.45, 7) is 20.2. The summed E-state index contributed by atoms with van der Waals surface area (Å²) in [5.41, 5.74) is 11.6. The standard InChI is InChI=1S/C36H47NO3Si/c1-25-21-27(3)33(28(4)22-25)24-37(23-32-18-14-13-15-26(32)2)30(6)35(31-16-11-10-12-17-31)40-36(39)29(5)34(38)19-20-41(7,8)9/h10-18,21-22,29-30,34-35,38H,23-24H2,1-9H3/t29-,30-,34-,35-/m0/s1. The van der Waals surface area contributed by atoms with E-state index in [4.69, 9.17) is 4.74 Å². The molecule has 218 valence electrons. The Morgan fingerprint density at radius 2 is 1.46 bits per heavy atom. The molecule has 3 rings (SSSR count). The molecule has 4 atom stereocenters. The van der Waals surface area contributed by atoms with Gasteiger partial charge in [0, 0.05) is 19.1 Å². The van der Waals surface area contributed by atoms with E-state index in [2.05, 4.69) is 107 Å². The van der Waals surface area contributed by atoms with Gasteiger partial charge < -0.3 is 9.84 Å². The lowest BCUT2D eigenvalue weighted by atomic mass is 9.96. The van der Waals surface area contributed by atoms with Crippen molar-refractivity contribution in [3.8, 4) is 11.5 Å². The van der Waals surface area contributed by atoms with Crippen LogP contribution in [0.3, 0.4) is 0 Å². The van der Waals surface area contributed by atoms with Crippen LogP contribution in [0.4, 0.5) is 0 Å². The Hall–Kier alpha value is -3.17. The molecule has 0 aliphatic rings. The predicted octanol–water partition coefficient (Wildman–Crippen LogP) is 7.47. The number of carbonyl (C=O) groups is 1. The molecule has 0 unspecified atom stereocenters. The van der Waals surface area contributed by atoms with Gasteiger partial charge in [-0.3, -0.25) is 9.69 Å². The number of benzene rings is 3. The first-order valence-corrected chi connectivity index (χ1v) is 18.1. The summed E-state index contributed by atoms with van der Waals surface area (Å²) in [7, 11) is -1.69. The van der Waals surface area contributed by atoms with Gasteiger partial charge in [-0.05, 0) is 74.9 Å². The van der Waals surface area contributed by atoms with E-state index in [-0.39, 0.29) is 6.04 Å². The molecule has 0 radical (unpaired) electrons. The number of hydrogen-bond acceptors (Lipinski definition) is 4. The van der Waals surface area contributed by atoms with E-state index in [1.54, 1.807) is 6.92 Å². The lowest BCUT2D eigenvalue weighted by molar-refractivity contribution is -0.160. The Labute approximate surface area is 248 Å². The second kappa shape index (κ2) is 14.1. The number of nitrogens with zero attached hydrogens (tertiary/aromatic N) is 1. The first-order chi connectivity index (χ1) is 19.3. The molecule has 3 aromatic rings. The lowest BCUT2D eigenvalue weighted by Gasteiger charge is -2.36. The molecular formula is C36H47NO3Si. The number of carbonyl (C=O) groups excluding carboxylic acids is 1. The third-order valence-electron chi connectivity index (χ3n) is 7.66. The molecule has 1 N–H and O–H groups in total. The minimum Gasteiger partial charge on any atom is -0.456 e. The van der Waals surface area contributed by atoms with Crippen LogP contribution >= 0.6 is 0 Å². The van der Waals surface area contributed by atoms with Crippen LogP contribution in [0.15, 0.2) is 66.7 Å². The van der Waals surface area contributed by atoms with Gasteiger partial charge in [0.05, 0.1) is 5.92 Å². The van der Waals surface area contributed by atoms with E-state index in [1.807, 2.05) is 30.3 Å². The van der Waals surface area contributed by atoms with E-state index >= 15 is 0 Å². The number of rotatable bonds is 10. The molecule has 0 fully saturated rings. The van der Waals surface area contributed by atoms with Crippen LogP contribution in [-0.2, 0) is 22.6 Å². The summed E-state index contributed by atoms with van der Waals surface area (Å²) in [5.74, 6) is 1.71. The molecule has 0 amide bonds. The minimum atomic E-state index is -1.69. The highest BCUT2D eigenvalue weighted by Crippen LogP contribution is 2.31. The number of esters is 1. The molecule has 0 aromatic heterocycles. The maximum absolute atomic E-state index is 13.5. The van der Waals surface area contributed by atoms with E-state index < -0.39 is 32.2 Å². The number of aryl methyl sites for hydroxylation is 4. The summed E-state index contributed by atoms with van der Waals surface area (Å²) in [4.78, 5) is 15.9. The Kier molecular flexibility index (Phi) is 11.2. The van der Waals surface area contributed by atoms with Gasteiger partial charge in [-0.1, -0.05) is 97.9 Å². The molecule has 0 saturated heterocycles. The van der Waals surface area contributed by atoms with Gasteiger partial charge in [-0.15, -0.1) is 5.54 Å². The van der Waals surface area contributed by atoms with Crippen LogP contribution in [0.25, 0.3) is 0 Å². The summed E-state index contributed by atoms with van der Waals surface area (Å²) in [6.07, 6.45) is -1.60. The molecular weight excluding hydrogens is 522 g/mol. The highest BCUT2D eigenvalue weighted by atomic mass is 28.3. The molecule has 0 bridgehead atoms. The highest BCUT2D eigenvalue weighted by molar-refractivity contribution is 6.83. The second-order valence-corrected chi connectivity index (χ2v) is 17.2. The van der Waals surface area contributed by atoms with Crippen LogP contribution in [0, 0.1) is 45.1 Å². The Morgan fingerprint density at radius 1 is 0.878 bits per heavy atom. The van der Waals surface area contributed by atoms with Gasteiger partial charge in [0.15, 0.2) is 0 Å². The zero-order valence-electron chi connectivity index (χ0n) is 26.3. The zero-order valence-corrected chi connectivity index (χ0v) is 27.3. The lowest BCUT2D eigenvalue weighted by Crippen LogP contribution is -2.40. The van der Waals surface area contributed by atoms with Crippen molar-refractivity contribution in [2.45, 2.75) is 92.5 Å². The maximum atomic E-state index is 13.5. The molecule has 0 saturated carbocycles. The first kappa shape index (κ1) is 32.3. The molecule has 5 heteroatoms. The van der Waals surface area contributed by atoms with E-state index in [1.165, 1.54) is 33.4 Å². The molecule has 0 heterocycles. The fraction of sp³-hybridized carbons (Fsp3) is 0.417. The minimum absolute atomic E-state index is 0.154. The fourth-order valence-electron chi connectivity index (χ4n) is 5.07. The van der Waals surface area contributed by atoms with E-state index in [0.717, 1.165) is 5.56 Å². The number of ether oxygens (including phenoxy) is 1. The summed E-state index contributed by atoms with van der Waals surface area (Å²) < 4.78 is 6.28. The van der Waals surface area contributed by atoms with E-state index in [0.29, 0.717) is 13.1 Å². The maximum Gasteiger partial charge on any atom is 0.312 e. The number of aliphatic hydroxyl groups excluding tert-OH is 1. The Balaban J connectivity index is 2.00. The van der Waals surface area contributed by atoms with Crippen LogP contribution in [-0.4, -0.2) is 36.2 Å². The normalized spacial score (nSPS) is 14.5. The third kappa shape index (κ3) is 9.16. The van der Waals surface area contributed by atoms with Crippen molar-refractivity contribution in [2.75, 3.05) is 0 Å². The van der Waals surface area contributed by atoms with Crippen molar-refractivity contribution in [3.05, 3.63) is 106 Å². The van der Waals surface area contributed by atoms with Gasteiger partial charge in [0.25, 0.3) is 0 Å². The van der Waals surface area contributed by atoms with Crippen molar-refractivity contribution in [1.29, 1.82) is 0 Å². The van der Waals surface area contributed by atoms with Crippen molar-refractivity contribution in [1.82, 2.24) is 4.90 Å². The monoisotopic (exact) mass is 569 g/mol. The summed E-state index contributed by atoms with van der Waals surface area (Å²) in [5, 5.41) is 10.7. The molecule has 3 aromatic carbocycles. The number of hydrogen-bond donors (Lipinski definition) is 1. The summed E-state index contributed by atoms with van der Waals surface area (Å²) >= 11 is 0. The molecule has 0 aliphatic carbocycles. The first-order valence-electron chi connectivity index (χ1n) is 14.6. The smallest absolute Gasteiger partial charge is 0.312 e. The molecule has 0 spiro atoms. The third-order valence-corrected chi connectivity index (χ3v) is 8.56. The average Bonchev–Trinajstić information content (AvgIpc) is 2.91. The van der Waals surface area contributed by atoms with Gasteiger partial charge in [-0.2, -0.15) is 0 Å². The number of aliphatic hydroxyl groups is 1. The van der Waals surface area contributed by atoms with Crippen LogP contribution < -0.4 is 0 Å². The summed E-state index contributed by atoms with van der Waals surface area (Å²) in [6, 6.07) is 22.7. The second-order valence-electron chi connectivity index (χ2n) is 12.5. The van der Waals surface area contributed by atoms with Crippen molar-refractivity contribution in [3.63, 3.8) is 0 Å². The van der Waals surface area contributed by atoms with Gasteiger partial charge in [-0.25, -0.2) is 0 Å². The van der Waals surface area contributed by atoms with E-state index in [9.17, 15) is 9.90 Å². The SMILES string of the molecule is Cc1cc(C)c(CN(Cc2ccccc2C)[C@@H](C)[C@H](OC(=O)[C@@H](C)[C@@H](O)C#C[Si](C)(C)C)c2ccccc2)c(C)c1. The molecule has 0 aliphatic heterocycles. The van der Waals surface area contributed by atoms with Crippen molar-refractivity contribution < 1.29 is 14.6 Å². The highest BCUT2D eigenvalue weighted by Gasteiger charge is 2.32. The van der Waals surface area contributed by atoms with Crippen LogP contribution in [0.1, 0.15) is 58.9 Å². The average molecular weight is 570 g/mol. The van der Waals surface area contributed by atoms with Crippen LogP contribution in [0.2, 0.25) is 19.6 Å². The zero-order chi connectivity index (χ0) is 30.3.